The van der Waals surface area contributed by atoms with Gasteiger partial charge in [0.15, 0.2) is 0 Å². The van der Waals surface area contributed by atoms with Crippen LogP contribution in [0, 0.1) is 0 Å². The molecule has 0 atom stereocenters. The number of H-pyrrole nitrogens is 1. The summed E-state index contributed by atoms with van der Waals surface area (Å²) in [5, 5.41) is 4.14. The van der Waals surface area contributed by atoms with Gasteiger partial charge in [-0.3, -0.25) is 9.59 Å². The van der Waals surface area contributed by atoms with Crippen molar-refractivity contribution < 1.29 is 4.79 Å². The number of carbonyl (C=O) groups is 1. The van der Waals surface area contributed by atoms with Crippen LogP contribution in [-0.2, 0) is 0 Å². The Kier molecular flexibility index (Phi) is 4.42. The monoisotopic (exact) mass is 293 g/mol. The number of halogens is 1. The molecule has 0 unspecified atom stereocenters. The molecule has 1 aromatic carbocycles. The molecule has 0 radical (unpaired) electrons. The maximum atomic E-state index is 12.3. The van der Waals surface area contributed by atoms with Crippen molar-refractivity contribution in [3.05, 3.63) is 46.2 Å². The van der Waals surface area contributed by atoms with E-state index in [9.17, 15) is 9.59 Å². The number of nitrogens with zero attached hydrogens (tertiary/aromatic N) is 1. The van der Waals surface area contributed by atoms with Gasteiger partial charge in [0.05, 0.1) is 0 Å². The highest BCUT2D eigenvalue weighted by molar-refractivity contribution is 5.97. The first-order valence-electron chi connectivity index (χ1n) is 6.37. The Morgan fingerprint density at radius 1 is 1.10 bits per heavy atom. The first kappa shape index (κ1) is 14.6. The van der Waals surface area contributed by atoms with Crippen LogP contribution < -0.4 is 10.9 Å². The SMILES string of the molecule is Cl.O=C(c1ccc2ccc(=O)[nH]c2c1)N1CCNCC1. The number of nitrogens with one attached hydrogen (secondary N) is 2. The van der Waals surface area contributed by atoms with Gasteiger partial charge < -0.3 is 15.2 Å². The summed E-state index contributed by atoms with van der Waals surface area (Å²) in [6.45, 7) is 3.11. The minimum absolute atomic E-state index is 0. The molecule has 6 heteroatoms. The third-order valence-corrected chi connectivity index (χ3v) is 3.38. The quantitative estimate of drug-likeness (QED) is 0.824. The number of benzene rings is 1. The van der Waals surface area contributed by atoms with Crippen LogP contribution in [0.4, 0.5) is 0 Å². The zero-order valence-electron chi connectivity index (χ0n) is 10.9. The average molecular weight is 294 g/mol. The number of hydrogen-bond acceptors (Lipinski definition) is 3. The highest BCUT2D eigenvalue weighted by Gasteiger charge is 2.17. The van der Waals surface area contributed by atoms with Gasteiger partial charge in [-0.2, -0.15) is 0 Å². The van der Waals surface area contributed by atoms with Gasteiger partial charge in [-0.05, 0) is 23.6 Å². The summed E-state index contributed by atoms with van der Waals surface area (Å²) in [7, 11) is 0. The van der Waals surface area contributed by atoms with E-state index in [-0.39, 0.29) is 23.9 Å². The molecule has 5 nitrogen and oxygen atoms in total. The van der Waals surface area contributed by atoms with Crippen molar-refractivity contribution in [2.75, 3.05) is 26.2 Å². The minimum atomic E-state index is -0.153. The molecule has 0 saturated carbocycles. The number of piperazine rings is 1. The molecule has 106 valence electrons. The molecule has 0 aliphatic carbocycles. The van der Waals surface area contributed by atoms with E-state index in [1.165, 1.54) is 6.07 Å². The normalized spacial score (nSPS) is 14.9. The molecule has 1 amide bonds. The van der Waals surface area contributed by atoms with Crippen LogP contribution in [0.1, 0.15) is 10.4 Å². The van der Waals surface area contributed by atoms with E-state index in [4.69, 9.17) is 0 Å². The van der Waals surface area contributed by atoms with Crippen LogP contribution in [-0.4, -0.2) is 42.0 Å². The number of aromatic nitrogens is 1. The number of amides is 1. The number of carbonyl (C=O) groups excluding carboxylic acids is 1. The van der Waals surface area contributed by atoms with E-state index in [1.54, 1.807) is 12.1 Å². The zero-order chi connectivity index (χ0) is 13.2. The lowest BCUT2D eigenvalue weighted by molar-refractivity contribution is 0.0736. The van der Waals surface area contributed by atoms with E-state index in [0.717, 1.165) is 31.6 Å². The smallest absolute Gasteiger partial charge is 0.254 e. The fraction of sp³-hybridized carbons (Fsp3) is 0.286. The van der Waals surface area contributed by atoms with Gasteiger partial charge in [0.25, 0.3) is 5.91 Å². The molecule has 0 bridgehead atoms. The van der Waals surface area contributed by atoms with Crippen LogP contribution in [0.3, 0.4) is 0 Å². The Morgan fingerprint density at radius 2 is 1.80 bits per heavy atom. The van der Waals surface area contributed by atoms with E-state index >= 15 is 0 Å². The van der Waals surface area contributed by atoms with Gasteiger partial charge in [0.1, 0.15) is 0 Å². The van der Waals surface area contributed by atoms with Gasteiger partial charge in [-0.15, -0.1) is 12.4 Å². The maximum Gasteiger partial charge on any atom is 0.254 e. The molecular weight excluding hydrogens is 278 g/mol. The lowest BCUT2D eigenvalue weighted by Crippen LogP contribution is -2.46. The van der Waals surface area contributed by atoms with Gasteiger partial charge in [-0.25, -0.2) is 0 Å². The Bertz CT molecular complexity index is 677. The third-order valence-electron chi connectivity index (χ3n) is 3.38. The van der Waals surface area contributed by atoms with Crippen molar-refractivity contribution >= 4 is 29.2 Å². The van der Waals surface area contributed by atoms with Crippen molar-refractivity contribution in [3.8, 4) is 0 Å². The van der Waals surface area contributed by atoms with Gasteiger partial charge in [0, 0.05) is 43.3 Å². The number of fused-ring (bicyclic) bond motifs is 1. The number of hydrogen-bond donors (Lipinski definition) is 2. The highest BCUT2D eigenvalue weighted by atomic mass is 35.5. The standard InChI is InChI=1S/C14H15N3O2.ClH/c18-13-4-3-10-1-2-11(9-12(10)16-13)14(19)17-7-5-15-6-8-17;/h1-4,9,15H,5-8H2,(H,16,18);1H. The number of rotatable bonds is 1. The summed E-state index contributed by atoms with van der Waals surface area (Å²) in [5.74, 6) is 0.0214. The Morgan fingerprint density at radius 3 is 2.55 bits per heavy atom. The fourth-order valence-electron chi connectivity index (χ4n) is 2.33. The molecule has 20 heavy (non-hydrogen) atoms. The minimum Gasteiger partial charge on any atom is -0.336 e. The van der Waals surface area contributed by atoms with Crippen molar-refractivity contribution in [1.29, 1.82) is 0 Å². The topological polar surface area (TPSA) is 65.2 Å². The second kappa shape index (κ2) is 6.07. The van der Waals surface area contributed by atoms with E-state index in [1.807, 2.05) is 17.0 Å². The largest absolute Gasteiger partial charge is 0.336 e. The lowest BCUT2D eigenvalue weighted by Gasteiger charge is -2.27. The van der Waals surface area contributed by atoms with Crippen molar-refractivity contribution in [2.24, 2.45) is 0 Å². The van der Waals surface area contributed by atoms with Crippen LogP contribution >= 0.6 is 12.4 Å². The highest BCUT2D eigenvalue weighted by Crippen LogP contribution is 2.14. The Labute approximate surface area is 122 Å². The molecule has 2 aromatic rings. The molecule has 1 aliphatic heterocycles. The first-order valence-corrected chi connectivity index (χ1v) is 6.37. The molecule has 1 fully saturated rings. The number of aromatic amines is 1. The van der Waals surface area contributed by atoms with Gasteiger partial charge >= 0.3 is 0 Å². The van der Waals surface area contributed by atoms with Gasteiger partial charge in [-0.1, -0.05) is 6.07 Å². The summed E-state index contributed by atoms with van der Waals surface area (Å²) in [5.41, 5.74) is 1.17. The van der Waals surface area contributed by atoms with E-state index < -0.39 is 0 Å². The van der Waals surface area contributed by atoms with E-state index in [0.29, 0.717) is 11.1 Å². The predicted molar refractivity (Wildman–Crippen MR) is 80.6 cm³/mol. The Balaban J connectivity index is 0.00000147. The molecule has 2 heterocycles. The molecule has 0 spiro atoms. The second-order valence-corrected chi connectivity index (χ2v) is 4.67. The third kappa shape index (κ3) is 2.84. The van der Waals surface area contributed by atoms with E-state index in [2.05, 4.69) is 10.3 Å². The fourth-order valence-corrected chi connectivity index (χ4v) is 2.33. The summed E-state index contributed by atoms with van der Waals surface area (Å²) in [4.78, 5) is 28.2. The zero-order valence-corrected chi connectivity index (χ0v) is 11.7. The number of pyridine rings is 1. The first-order chi connectivity index (χ1) is 9.24. The molecule has 2 N–H and O–H groups in total. The predicted octanol–water partition coefficient (Wildman–Crippen LogP) is 0.995. The summed E-state index contributed by atoms with van der Waals surface area (Å²) >= 11 is 0. The van der Waals surface area contributed by atoms with Crippen molar-refractivity contribution in [1.82, 2.24) is 15.2 Å². The molecule has 1 aromatic heterocycles. The van der Waals surface area contributed by atoms with Gasteiger partial charge in [0.2, 0.25) is 5.56 Å². The summed E-state index contributed by atoms with van der Waals surface area (Å²) in [6.07, 6.45) is 0. The second-order valence-electron chi connectivity index (χ2n) is 4.67. The van der Waals surface area contributed by atoms with Crippen LogP contribution in [0.5, 0.6) is 0 Å². The molecule has 3 rings (SSSR count). The molecular formula is C14H16ClN3O2. The molecule has 1 saturated heterocycles. The van der Waals surface area contributed by atoms with Crippen molar-refractivity contribution in [3.63, 3.8) is 0 Å². The van der Waals surface area contributed by atoms with Crippen LogP contribution in [0.15, 0.2) is 35.1 Å². The average Bonchev–Trinajstić information content (AvgIpc) is 2.46. The summed E-state index contributed by atoms with van der Waals surface area (Å²) < 4.78 is 0. The summed E-state index contributed by atoms with van der Waals surface area (Å²) in [6, 6.07) is 8.67. The van der Waals surface area contributed by atoms with Crippen LogP contribution in [0.2, 0.25) is 0 Å². The maximum absolute atomic E-state index is 12.3. The lowest BCUT2D eigenvalue weighted by atomic mass is 10.1. The van der Waals surface area contributed by atoms with Crippen molar-refractivity contribution in [2.45, 2.75) is 0 Å². The Hall–Kier alpha value is -1.85. The van der Waals surface area contributed by atoms with Crippen LogP contribution in [0.25, 0.3) is 10.9 Å². The molecule has 1 aliphatic rings.